The Labute approximate surface area is 125 Å². The van der Waals surface area contributed by atoms with E-state index in [9.17, 15) is 14.2 Å². The molecular formula is C12H15N2O7P. The Hall–Kier alpha value is -1.64. The molecule has 2 rings (SSSR count). The van der Waals surface area contributed by atoms with Crippen molar-refractivity contribution < 1.29 is 33.2 Å². The first kappa shape index (κ1) is 16.7. The van der Waals surface area contributed by atoms with E-state index in [1.807, 2.05) is 0 Å². The highest BCUT2D eigenvalue weighted by molar-refractivity contribution is 7.46. The topological polar surface area (TPSA) is 149 Å². The molecule has 0 amide bonds. The monoisotopic (exact) mass is 330 g/mol. The van der Waals surface area contributed by atoms with Gasteiger partial charge in [-0.05, 0) is 19.8 Å². The number of ether oxygens (including phenoxy) is 1. The molecule has 1 aromatic heterocycles. The predicted molar refractivity (Wildman–Crippen MR) is 73.0 cm³/mol. The maximum absolute atomic E-state index is 11.9. The van der Waals surface area contributed by atoms with Crippen LogP contribution in [-0.2, 0) is 20.5 Å². The van der Waals surface area contributed by atoms with Crippen LogP contribution in [0.15, 0.2) is 6.20 Å². The van der Waals surface area contributed by atoms with Crippen molar-refractivity contribution in [2.24, 2.45) is 5.73 Å². The van der Waals surface area contributed by atoms with Gasteiger partial charge in [-0.25, -0.2) is 9.36 Å². The lowest BCUT2D eigenvalue weighted by Crippen LogP contribution is -2.36. The lowest BCUT2D eigenvalue weighted by molar-refractivity contribution is -0.137. The van der Waals surface area contributed by atoms with Gasteiger partial charge in [-0.2, -0.15) is 0 Å². The number of nitrogens with zero attached hydrogens (tertiary/aromatic N) is 1. The van der Waals surface area contributed by atoms with Crippen LogP contribution in [0.3, 0.4) is 0 Å². The van der Waals surface area contributed by atoms with E-state index in [4.69, 9.17) is 20.3 Å². The molecule has 1 aliphatic carbocycles. The second-order valence-electron chi connectivity index (χ2n) is 5.04. The van der Waals surface area contributed by atoms with Crippen molar-refractivity contribution in [3.05, 3.63) is 23.0 Å². The zero-order chi connectivity index (χ0) is 16.5. The van der Waals surface area contributed by atoms with Crippen LogP contribution in [0, 0.1) is 6.92 Å². The molecule has 1 heterocycles. The van der Waals surface area contributed by atoms with E-state index in [1.165, 1.54) is 13.1 Å². The zero-order valence-electron chi connectivity index (χ0n) is 11.7. The number of aromatic nitrogens is 1. The van der Waals surface area contributed by atoms with Crippen molar-refractivity contribution >= 4 is 20.1 Å². The van der Waals surface area contributed by atoms with Crippen LogP contribution in [0.1, 0.15) is 34.5 Å². The molecule has 22 heavy (non-hydrogen) atoms. The quantitative estimate of drug-likeness (QED) is 0.378. The third-order valence-electron chi connectivity index (χ3n) is 3.23. The summed E-state index contributed by atoms with van der Waals surface area (Å²) in [5, 5.41) is 0. The number of carbonyl (C=O) groups is 2. The summed E-state index contributed by atoms with van der Waals surface area (Å²) in [7, 11) is -4.70. The Morgan fingerprint density at radius 3 is 2.68 bits per heavy atom. The molecule has 0 spiro atoms. The Balaban J connectivity index is 2.29. The molecule has 0 radical (unpaired) electrons. The van der Waals surface area contributed by atoms with Gasteiger partial charge in [-0.1, -0.05) is 0 Å². The van der Waals surface area contributed by atoms with Gasteiger partial charge >= 0.3 is 13.8 Å². The van der Waals surface area contributed by atoms with Crippen LogP contribution < -0.4 is 10.5 Å². The number of carbonyl (C=O) groups excluding carboxylic acids is 2. The van der Waals surface area contributed by atoms with Gasteiger partial charge in [0.2, 0.25) is 0 Å². The fourth-order valence-corrected chi connectivity index (χ4v) is 2.01. The van der Waals surface area contributed by atoms with E-state index >= 15 is 0 Å². The number of aldehydes is 1. The van der Waals surface area contributed by atoms with E-state index in [0.29, 0.717) is 19.1 Å². The van der Waals surface area contributed by atoms with Crippen LogP contribution >= 0.6 is 7.82 Å². The third kappa shape index (κ3) is 3.76. The second-order valence-corrected chi connectivity index (χ2v) is 6.28. The number of hydrogen-bond acceptors (Lipinski definition) is 7. The van der Waals surface area contributed by atoms with Crippen molar-refractivity contribution in [3.63, 3.8) is 0 Å². The minimum absolute atomic E-state index is 0.0569. The average Bonchev–Trinajstić information content (AvgIpc) is 3.17. The number of rotatable bonds is 6. The molecule has 0 atom stereocenters. The third-order valence-corrected chi connectivity index (χ3v) is 3.69. The van der Waals surface area contributed by atoms with E-state index in [2.05, 4.69) is 9.51 Å². The SMILES string of the molecule is Cc1ncc(COP(=O)(O)O)c(C=O)c1OC(=O)C1(N)CC1. The fourth-order valence-electron chi connectivity index (χ4n) is 1.70. The van der Waals surface area contributed by atoms with Gasteiger partial charge in [-0.3, -0.25) is 14.3 Å². The number of esters is 1. The van der Waals surface area contributed by atoms with Crippen molar-refractivity contribution in [2.75, 3.05) is 0 Å². The fraction of sp³-hybridized carbons (Fsp3) is 0.417. The molecule has 1 saturated carbocycles. The number of aryl methyl sites for hydroxylation is 1. The molecule has 9 nitrogen and oxygen atoms in total. The van der Waals surface area contributed by atoms with Gasteiger partial charge in [0.1, 0.15) is 5.54 Å². The molecule has 1 fully saturated rings. The molecule has 0 aliphatic heterocycles. The van der Waals surface area contributed by atoms with Gasteiger partial charge in [0.25, 0.3) is 0 Å². The molecule has 0 unspecified atom stereocenters. The number of phosphoric ester groups is 1. The Morgan fingerprint density at radius 1 is 1.55 bits per heavy atom. The molecule has 1 aromatic rings. The van der Waals surface area contributed by atoms with E-state index in [1.54, 1.807) is 0 Å². The summed E-state index contributed by atoms with van der Waals surface area (Å²) < 4.78 is 20.2. The highest BCUT2D eigenvalue weighted by atomic mass is 31.2. The number of pyridine rings is 1. The van der Waals surface area contributed by atoms with Gasteiger partial charge in [0, 0.05) is 11.8 Å². The summed E-state index contributed by atoms with van der Waals surface area (Å²) in [5.41, 5.74) is 5.00. The maximum atomic E-state index is 11.9. The summed E-state index contributed by atoms with van der Waals surface area (Å²) in [5.74, 6) is -0.753. The summed E-state index contributed by atoms with van der Waals surface area (Å²) >= 11 is 0. The highest BCUT2D eigenvalue weighted by Crippen LogP contribution is 2.38. The van der Waals surface area contributed by atoms with Gasteiger partial charge in [-0.15, -0.1) is 0 Å². The van der Waals surface area contributed by atoms with Crippen LogP contribution in [0.25, 0.3) is 0 Å². The summed E-state index contributed by atoms with van der Waals surface area (Å²) in [4.78, 5) is 44.5. The Bertz CT molecular complexity index is 666. The minimum atomic E-state index is -4.70. The second kappa shape index (κ2) is 5.86. The zero-order valence-corrected chi connectivity index (χ0v) is 12.6. The molecule has 0 saturated heterocycles. The largest absolute Gasteiger partial charge is 0.469 e. The standard InChI is InChI=1S/C12H15N2O7P/c1-7-10(21-11(16)12(13)2-3-12)9(5-15)8(4-14-7)6-20-22(17,18)19/h4-5H,2-3,6,13H2,1H3,(H2,17,18,19). The van der Waals surface area contributed by atoms with Crippen molar-refractivity contribution in [1.82, 2.24) is 4.98 Å². The van der Waals surface area contributed by atoms with E-state index < -0.39 is 25.9 Å². The predicted octanol–water partition coefficient (Wildman–Crippen LogP) is 0.209. The lowest BCUT2D eigenvalue weighted by atomic mass is 10.1. The maximum Gasteiger partial charge on any atom is 0.469 e. The molecule has 0 bridgehead atoms. The van der Waals surface area contributed by atoms with Crippen LogP contribution in [0.4, 0.5) is 0 Å². The van der Waals surface area contributed by atoms with Gasteiger partial charge in [0.05, 0.1) is 17.9 Å². The number of nitrogens with two attached hydrogens (primary N) is 1. The Kier molecular flexibility index (Phi) is 4.46. The Morgan fingerprint density at radius 2 is 2.18 bits per heavy atom. The smallest absolute Gasteiger partial charge is 0.422 e. The first-order valence-corrected chi connectivity index (χ1v) is 7.84. The lowest BCUT2D eigenvalue weighted by Gasteiger charge is -2.15. The number of phosphoric acid groups is 1. The average molecular weight is 330 g/mol. The normalized spacial score (nSPS) is 16.2. The molecule has 0 aromatic carbocycles. The van der Waals surface area contributed by atoms with Gasteiger partial charge in [0.15, 0.2) is 12.0 Å². The highest BCUT2D eigenvalue weighted by Gasteiger charge is 2.48. The van der Waals surface area contributed by atoms with E-state index in [-0.39, 0.29) is 22.6 Å². The van der Waals surface area contributed by atoms with Crippen molar-refractivity contribution in [1.29, 1.82) is 0 Å². The molecular weight excluding hydrogens is 315 g/mol. The summed E-state index contributed by atoms with van der Waals surface area (Å²) in [6.45, 7) is 0.975. The van der Waals surface area contributed by atoms with Crippen LogP contribution in [0.2, 0.25) is 0 Å². The molecule has 1 aliphatic rings. The van der Waals surface area contributed by atoms with E-state index in [0.717, 1.165) is 0 Å². The van der Waals surface area contributed by atoms with Crippen molar-refractivity contribution in [3.8, 4) is 5.75 Å². The summed E-state index contributed by atoms with van der Waals surface area (Å²) in [6.07, 6.45) is 2.62. The summed E-state index contributed by atoms with van der Waals surface area (Å²) in [6, 6.07) is 0. The number of hydrogen-bond donors (Lipinski definition) is 3. The van der Waals surface area contributed by atoms with Gasteiger partial charge < -0.3 is 20.3 Å². The molecule has 4 N–H and O–H groups in total. The molecule has 120 valence electrons. The minimum Gasteiger partial charge on any atom is -0.422 e. The van der Waals surface area contributed by atoms with Crippen LogP contribution in [-0.4, -0.2) is 32.6 Å². The van der Waals surface area contributed by atoms with Crippen LogP contribution in [0.5, 0.6) is 5.75 Å². The molecule has 10 heteroatoms. The van der Waals surface area contributed by atoms with Crippen molar-refractivity contribution in [2.45, 2.75) is 31.9 Å². The first-order valence-electron chi connectivity index (χ1n) is 6.31. The first-order chi connectivity index (χ1) is 10.2.